The van der Waals surface area contributed by atoms with E-state index in [9.17, 15) is 9.18 Å². The van der Waals surface area contributed by atoms with E-state index in [0.29, 0.717) is 30.1 Å². The van der Waals surface area contributed by atoms with E-state index in [-0.39, 0.29) is 16.5 Å². The van der Waals surface area contributed by atoms with Crippen LogP contribution < -0.4 is 5.32 Å². The second-order valence-electron chi connectivity index (χ2n) is 6.38. The fraction of sp³-hybridized carbons (Fsp3) is 0.174. The zero-order valence-corrected chi connectivity index (χ0v) is 17.8. The maximum Gasteiger partial charge on any atom is 0.357 e. The molecule has 0 bridgehead atoms. The molecule has 0 aliphatic heterocycles. The lowest BCUT2D eigenvalue weighted by molar-refractivity contribution is 0.0593. The molecule has 160 valence electrons. The molecule has 0 saturated heterocycles. The van der Waals surface area contributed by atoms with Crippen LogP contribution in [0.4, 0.5) is 10.2 Å². The molecule has 3 aromatic rings. The minimum atomic E-state index is -0.656. The highest BCUT2D eigenvalue weighted by Gasteiger charge is 2.20. The number of hydrogen-bond donors (Lipinski definition) is 1. The summed E-state index contributed by atoms with van der Waals surface area (Å²) in [7, 11) is 1.26. The van der Waals surface area contributed by atoms with Crippen LogP contribution in [0.25, 0.3) is 17.5 Å². The summed E-state index contributed by atoms with van der Waals surface area (Å²) in [6.07, 6.45) is 3.05. The van der Waals surface area contributed by atoms with E-state index in [1.807, 2.05) is 37.3 Å². The van der Waals surface area contributed by atoms with Gasteiger partial charge in [0.25, 0.3) is 0 Å². The Bertz CT molecular complexity index is 1090. The number of rotatable bonds is 8. The molecule has 6 nitrogen and oxygen atoms in total. The Morgan fingerprint density at radius 3 is 2.65 bits per heavy atom. The first-order valence-corrected chi connectivity index (χ1v) is 9.93. The number of methoxy groups -OCH3 is 1. The lowest BCUT2D eigenvalue weighted by atomic mass is 10.1. The SMILES string of the molecule is CCO/C=C\c1c(NCc2ccccc2)nc(-c2ccc(Cl)c(F)c2)nc1C(=O)OC. The van der Waals surface area contributed by atoms with Gasteiger partial charge in [-0.15, -0.1) is 0 Å². The fourth-order valence-electron chi connectivity index (χ4n) is 2.77. The van der Waals surface area contributed by atoms with Gasteiger partial charge in [-0.25, -0.2) is 19.2 Å². The summed E-state index contributed by atoms with van der Waals surface area (Å²) < 4.78 is 24.2. The molecule has 0 saturated carbocycles. The number of halogens is 2. The van der Waals surface area contributed by atoms with Gasteiger partial charge >= 0.3 is 5.97 Å². The molecule has 0 spiro atoms. The molecule has 0 aliphatic rings. The second kappa shape index (κ2) is 10.5. The van der Waals surface area contributed by atoms with Gasteiger partial charge in [0.15, 0.2) is 11.5 Å². The highest BCUT2D eigenvalue weighted by atomic mass is 35.5. The summed E-state index contributed by atoms with van der Waals surface area (Å²) in [4.78, 5) is 21.4. The van der Waals surface area contributed by atoms with Gasteiger partial charge in [0.1, 0.15) is 11.6 Å². The Balaban J connectivity index is 2.11. The highest BCUT2D eigenvalue weighted by Crippen LogP contribution is 2.27. The van der Waals surface area contributed by atoms with E-state index in [1.54, 1.807) is 12.1 Å². The molecule has 0 atom stereocenters. The van der Waals surface area contributed by atoms with Crippen molar-refractivity contribution in [1.29, 1.82) is 0 Å². The van der Waals surface area contributed by atoms with E-state index >= 15 is 0 Å². The summed E-state index contributed by atoms with van der Waals surface area (Å²) in [5.74, 6) is -0.737. The number of carbonyl (C=O) groups is 1. The van der Waals surface area contributed by atoms with Crippen LogP contribution in [0.3, 0.4) is 0 Å². The zero-order chi connectivity index (χ0) is 22.2. The number of hydrogen-bond acceptors (Lipinski definition) is 6. The normalized spacial score (nSPS) is 10.8. The zero-order valence-electron chi connectivity index (χ0n) is 17.1. The maximum absolute atomic E-state index is 14.0. The first-order chi connectivity index (χ1) is 15.0. The fourth-order valence-corrected chi connectivity index (χ4v) is 2.89. The summed E-state index contributed by atoms with van der Waals surface area (Å²) in [6, 6.07) is 13.9. The highest BCUT2D eigenvalue weighted by molar-refractivity contribution is 6.30. The predicted octanol–water partition coefficient (Wildman–Crippen LogP) is 5.34. The molecule has 8 heteroatoms. The molecular formula is C23H21ClFN3O3. The molecule has 0 aliphatic carbocycles. The van der Waals surface area contributed by atoms with Gasteiger partial charge in [0, 0.05) is 12.1 Å². The quantitative estimate of drug-likeness (QED) is 0.375. The average Bonchev–Trinajstić information content (AvgIpc) is 2.80. The lowest BCUT2D eigenvalue weighted by Gasteiger charge is -2.14. The Labute approximate surface area is 184 Å². The Kier molecular flexibility index (Phi) is 7.56. The van der Waals surface area contributed by atoms with Crippen molar-refractivity contribution in [3.8, 4) is 11.4 Å². The molecule has 31 heavy (non-hydrogen) atoms. The van der Waals surface area contributed by atoms with E-state index in [1.165, 1.54) is 25.5 Å². The molecule has 0 unspecified atom stereocenters. The van der Waals surface area contributed by atoms with Gasteiger partial charge in [-0.05, 0) is 36.8 Å². The molecule has 0 radical (unpaired) electrons. The van der Waals surface area contributed by atoms with Gasteiger partial charge in [0.05, 0.1) is 30.6 Å². The number of carbonyl (C=O) groups excluding carboxylic acids is 1. The first-order valence-electron chi connectivity index (χ1n) is 9.55. The third kappa shape index (κ3) is 5.58. The van der Waals surface area contributed by atoms with Crippen molar-refractivity contribution in [2.24, 2.45) is 0 Å². The Morgan fingerprint density at radius 2 is 1.97 bits per heavy atom. The van der Waals surface area contributed by atoms with Crippen molar-refractivity contribution in [2.45, 2.75) is 13.5 Å². The van der Waals surface area contributed by atoms with Crippen LogP contribution in [-0.4, -0.2) is 29.7 Å². The summed E-state index contributed by atoms with van der Waals surface area (Å²) >= 11 is 5.79. The lowest BCUT2D eigenvalue weighted by Crippen LogP contribution is -2.13. The number of benzene rings is 2. The van der Waals surface area contributed by atoms with Gasteiger partial charge < -0.3 is 14.8 Å². The molecule has 1 aromatic heterocycles. The second-order valence-corrected chi connectivity index (χ2v) is 6.78. The van der Waals surface area contributed by atoms with E-state index in [4.69, 9.17) is 21.1 Å². The van der Waals surface area contributed by atoms with Crippen LogP contribution in [0.15, 0.2) is 54.8 Å². The van der Waals surface area contributed by atoms with Crippen molar-refractivity contribution in [3.05, 3.63) is 82.5 Å². The monoisotopic (exact) mass is 441 g/mol. The number of aromatic nitrogens is 2. The molecule has 0 amide bonds. The van der Waals surface area contributed by atoms with Crippen molar-refractivity contribution < 1.29 is 18.7 Å². The van der Waals surface area contributed by atoms with Crippen LogP contribution in [0.5, 0.6) is 0 Å². The van der Waals surface area contributed by atoms with Crippen LogP contribution in [0, 0.1) is 5.82 Å². The average molecular weight is 442 g/mol. The first kappa shape index (κ1) is 22.2. The van der Waals surface area contributed by atoms with Gasteiger partial charge in [0.2, 0.25) is 0 Å². The van der Waals surface area contributed by atoms with E-state index < -0.39 is 11.8 Å². The van der Waals surface area contributed by atoms with Crippen LogP contribution >= 0.6 is 11.6 Å². The Morgan fingerprint density at radius 1 is 1.19 bits per heavy atom. The minimum Gasteiger partial charge on any atom is -0.501 e. The topological polar surface area (TPSA) is 73.3 Å². The standard InChI is InChI=1S/C23H21ClFN3O3/c1-3-31-12-11-17-20(23(29)30-2)27-21(16-9-10-18(24)19(25)13-16)28-22(17)26-14-15-7-5-4-6-8-15/h4-13H,3,14H2,1-2H3,(H,26,27,28)/b12-11-. The van der Waals surface area contributed by atoms with Crippen molar-refractivity contribution in [2.75, 3.05) is 19.0 Å². The van der Waals surface area contributed by atoms with E-state index in [0.717, 1.165) is 5.56 Å². The molecule has 2 aromatic carbocycles. The largest absolute Gasteiger partial charge is 0.501 e. The van der Waals surface area contributed by atoms with Gasteiger partial charge in [-0.2, -0.15) is 0 Å². The third-order valence-corrected chi connectivity index (χ3v) is 4.61. The number of nitrogens with zero attached hydrogens (tertiary/aromatic N) is 2. The Hall–Kier alpha value is -3.45. The van der Waals surface area contributed by atoms with Crippen LogP contribution in [-0.2, 0) is 16.0 Å². The van der Waals surface area contributed by atoms with Crippen molar-refractivity contribution in [1.82, 2.24) is 9.97 Å². The van der Waals surface area contributed by atoms with Crippen molar-refractivity contribution in [3.63, 3.8) is 0 Å². The number of esters is 1. The molecule has 0 fully saturated rings. The number of ether oxygens (including phenoxy) is 2. The summed E-state index contributed by atoms with van der Waals surface area (Å²) in [5, 5.41) is 3.21. The van der Waals surface area contributed by atoms with Crippen molar-refractivity contribution >= 4 is 29.5 Å². The number of anilines is 1. The van der Waals surface area contributed by atoms with E-state index in [2.05, 4.69) is 15.3 Å². The molecule has 1 N–H and O–H groups in total. The van der Waals surface area contributed by atoms with Crippen LogP contribution in [0.1, 0.15) is 28.5 Å². The maximum atomic E-state index is 14.0. The smallest absolute Gasteiger partial charge is 0.357 e. The molecule has 3 rings (SSSR count). The van der Waals surface area contributed by atoms with Crippen LogP contribution in [0.2, 0.25) is 5.02 Å². The summed E-state index contributed by atoms with van der Waals surface area (Å²) in [6.45, 7) is 2.75. The molecular weight excluding hydrogens is 421 g/mol. The molecule has 1 heterocycles. The minimum absolute atomic E-state index is 0.0179. The third-order valence-electron chi connectivity index (χ3n) is 4.30. The predicted molar refractivity (Wildman–Crippen MR) is 118 cm³/mol. The number of nitrogens with one attached hydrogen (secondary N) is 1. The van der Waals surface area contributed by atoms with Gasteiger partial charge in [-0.3, -0.25) is 0 Å². The van der Waals surface area contributed by atoms with Gasteiger partial charge in [-0.1, -0.05) is 41.9 Å². The summed E-state index contributed by atoms with van der Waals surface area (Å²) in [5.41, 5.74) is 1.80.